The Morgan fingerprint density at radius 2 is 1.95 bits per heavy atom. The van der Waals surface area contributed by atoms with Crippen LogP contribution in [-0.2, 0) is 12.7 Å². The summed E-state index contributed by atoms with van der Waals surface area (Å²) < 4.78 is 55.5. The van der Waals surface area contributed by atoms with E-state index in [1.54, 1.807) is 19.2 Å². The third-order valence-electron chi connectivity index (χ3n) is 6.87. The summed E-state index contributed by atoms with van der Waals surface area (Å²) in [5.74, 6) is -1.09. The monoisotopic (exact) mass is 541 g/mol. The Labute approximate surface area is 221 Å². The Morgan fingerprint density at radius 1 is 1.15 bits per heavy atom. The van der Waals surface area contributed by atoms with Crippen molar-refractivity contribution in [2.75, 3.05) is 20.1 Å². The third-order valence-corrected chi connectivity index (χ3v) is 6.87. The molecule has 0 bridgehead atoms. The van der Waals surface area contributed by atoms with E-state index in [9.17, 15) is 27.5 Å². The van der Waals surface area contributed by atoms with E-state index in [4.69, 9.17) is 0 Å². The molecule has 0 saturated carbocycles. The molecule has 2 aromatic heterocycles. The van der Waals surface area contributed by atoms with E-state index in [0.717, 1.165) is 36.2 Å². The molecule has 4 aromatic rings. The number of aromatic hydroxyl groups is 1. The minimum absolute atomic E-state index is 0.160. The van der Waals surface area contributed by atoms with Gasteiger partial charge < -0.3 is 15.3 Å². The quantitative estimate of drug-likeness (QED) is 0.341. The second kappa shape index (κ2) is 10.4. The van der Waals surface area contributed by atoms with Crippen LogP contribution in [0.2, 0.25) is 0 Å². The van der Waals surface area contributed by atoms with E-state index in [1.165, 1.54) is 18.3 Å². The van der Waals surface area contributed by atoms with Gasteiger partial charge in [-0.25, -0.2) is 4.39 Å². The standard InChI is InChI=1S/C28H27F4N5O2/c1-16-6-17(8-19(29)7-16)23-12-34-25-13-35-37(21-9-18(28(30,31)32)10-22(38)11-21)27(39)26(25)24(23)15-36(2)14-20-4-3-5-33-20/h6-13,20,33,38H,3-5,14-15H2,1-2H3/t20-/m0/s1. The van der Waals surface area contributed by atoms with Crippen LogP contribution in [-0.4, -0.2) is 50.9 Å². The predicted octanol–water partition coefficient (Wildman–Crippen LogP) is 4.80. The minimum Gasteiger partial charge on any atom is -0.508 e. The topological polar surface area (TPSA) is 83.3 Å². The van der Waals surface area contributed by atoms with Crippen LogP contribution < -0.4 is 10.9 Å². The lowest BCUT2D eigenvalue weighted by molar-refractivity contribution is -0.137. The molecular weight excluding hydrogens is 514 g/mol. The summed E-state index contributed by atoms with van der Waals surface area (Å²) in [4.78, 5) is 20.3. The molecular formula is C28H27F4N5O2. The number of aryl methyl sites for hydroxylation is 1. The molecule has 2 N–H and O–H groups in total. The first-order valence-corrected chi connectivity index (χ1v) is 12.5. The normalized spacial score (nSPS) is 15.9. The fourth-order valence-corrected chi connectivity index (χ4v) is 5.17. The maximum absolute atomic E-state index is 14.4. The van der Waals surface area contributed by atoms with Gasteiger partial charge in [0, 0.05) is 37.0 Å². The van der Waals surface area contributed by atoms with E-state index in [1.807, 2.05) is 11.9 Å². The van der Waals surface area contributed by atoms with Crippen LogP contribution in [0.1, 0.15) is 29.5 Å². The van der Waals surface area contributed by atoms with E-state index in [-0.39, 0.29) is 22.6 Å². The van der Waals surface area contributed by atoms with Crippen molar-refractivity contribution in [1.29, 1.82) is 0 Å². The SMILES string of the molecule is Cc1cc(F)cc(-c2cnc3cnn(-c4cc(O)cc(C(F)(F)F)c4)c(=O)c3c2CN(C)C[C@@H]2CCCN2)c1. The molecule has 1 fully saturated rings. The van der Waals surface area contributed by atoms with Crippen LogP contribution in [0.4, 0.5) is 17.6 Å². The van der Waals surface area contributed by atoms with Gasteiger partial charge in [-0.05, 0) is 74.3 Å². The summed E-state index contributed by atoms with van der Waals surface area (Å²) in [6, 6.07) is 7.21. The van der Waals surface area contributed by atoms with Gasteiger partial charge in [0.1, 0.15) is 11.6 Å². The number of alkyl halides is 3. The number of benzene rings is 2. The Hall–Kier alpha value is -3.83. The average molecular weight is 542 g/mol. The number of phenolic OH excluding ortho intramolecular Hbond substituents is 1. The van der Waals surface area contributed by atoms with Crippen molar-refractivity contribution in [3.8, 4) is 22.6 Å². The highest BCUT2D eigenvalue weighted by atomic mass is 19.4. The van der Waals surface area contributed by atoms with Crippen molar-refractivity contribution >= 4 is 10.9 Å². The number of pyridine rings is 1. The molecule has 3 heterocycles. The van der Waals surface area contributed by atoms with Gasteiger partial charge in [0.2, 0.25) is 0 Å². The lowest BCUT2D eigenvalue weighted by atomic mass is 9.97. The number of aromatic nitrogens is 3. The van der Waals surface area contributed by atoms with Gasteiger partial charge in [-0.2, -0.15) is 23.0 Å². The number of hydrogen-bond donors (Lipinski definition) is 2. The molecule has 0 unspecified atom stereocenters. The molecule has 39 heavy (non-hydrogen) atoms. The van der Waals surface area contributed by atoms with Gasteiger partial charge in [-0.15, -0.1) is 0 Å². The van der Waals surface area contributed by atoms with Gasteiger partial charge in [0.05, 0.1) is 28.4 Å². The van der Waals surface area contributed by atoms with Crippen LogP contribution in [0, 0.1) is 12.7 Å². The molecule has 11 heteroatoms. The zero-order valence-corrected chi connectivity index (χ0v) is 21.4. The first-order valence-electron chi connectivity index (χ1n) is 12.5. The second-order valence-corrected chi connectivity index (χ2v) is 10.0. The van der Waals surface area contributed by atoms with E-state index in [2.05, 4.69) is 15.4 Å². The molecule has 2 aromatic carbocycles. The summed E-state index contributed by atoms with van der Waals surface area (Å²) in [5.41, 5.74) is 0.520. The van der Waals surface area contributed by atoms with Gasteiger partial charge in [-0.1, -0.05) is 6.07 Å². The molecule has 1 atom stereocenters. The smallest absolute Gasteiger partial charge is 0.416 e. The van der Waals surface area contributed by atoms with Gasteiger partial charge in [-0.3, -0.25) is 9.78 Å². The van der Waals surface area contributed by atoms with E-state index < -0.39 is 28.9 Å². The summed E-state index contributed by atoms with van der Waals surface area (Å²) in [5, 5.41) is 17.6. The van der Waals surface area contributed by atoms with E-state index in [0.29, 0.717) is 41.4 Å². The Balaban J connectivity index is 1.71. The molecule has 7 nitrogen and oxygen atoms in total. The highest BCUT2D eigenvalue weighted by molar-refractivity contribution is 5.87. The number of halogens is 4. The van der Waals surface area contributed by atoms with Crippen molar-refractivity contribution in [2.45, 2.75) is 38.5 Å². The molecule has 204 valence electrons. The molecule has 1 saturated heterocycles. The lowest BCUT2D eigenvalue weighted by Crippen LogP contribution is -2.35. The maximum atomic E-state index is 14.4. The van der Waals surface area contributed by atoms with Crippen molar-refractivity contribution in [3.63, 3.8) is 0 Å². The number of nitrogens with one attached hydrogen (secondary N) is 1. The highest BCUT2D eigenvalue weighted by Gasteiger charge is 2.32. The molecule has 0 radical (unpaired) electrons. The third kappa shape index (κ3) is 5.64. The maximum Gasteiger partial charge on any atom is 0.416 e. The molecule has 5 rings (SSSR count). The molecule has 1 aliphatic heterocycles. The largest absolute Gasteiger partial charge is 0.508 e. The number of hydrogen-bond acceptors (Lipinski definition) is 6. The Kier molecular flexibility index (Phi) is 7.13. The molecule has 0 amide bonds. The predicted molar refractivity (Wildman–Crippen MR) is 139 cm³/mol. The highest BCUT2D eigenvalue weighted by Crippen LogP contribution is 2.34. The van der Waals surface area contributed by atoms with Gasteiger partial charge in [0.25, 0.3) is 5.56 Å². The fraction of sp³-hybridized carbons (Fsp3) is 0.321. The fourth-order valence-electron chi connectivity index (χ4n) is 5.17. The Morgan fingerprint density at radius 3 is 2.64 bits per heavy atom. The van der Waals surface area contributed by atoms with Gasteiger partial charge >= 0.3 is 6.18 Å². The van der Waals surface area contributed by atoms with Crippen molar-refractivity contribution in [1.82, 2.24) is 25.0 Å². The van der Waals surface area contributed by atoms with Crippen LogP contribution in [0.5, 0.6) is 5.75 Å². The summed E-state index contributed by atoms with van der Waals surface area (Å²) in [7, 11) is 1.91. The summed E-state index contributed by atoms with van der Waals surface area (Å²) >= 11 is 0. The zero-order valence-electron chi connectivity index (χ0n) is 21.4. The lowest BCUT2D eigenvalue weighted by Gasteiger charge is -2.23. The number of phenols is 1. The van der Waals surface area contributed by atoms with Crippen molar-refractivity contribution in [3.05, 3.63) is 81.7 Å². The van der Waals surface area contributed by atoms with Crippen LogP contribution in [0.15, 0.2) is 53.6 Å². The summed E-state index contributed by atoms with van der Waals surface area (Å²) in [6.07, 6.45) is 0.226. The Bertz CT molecular complexity index is 1580. The van der Waals surface area contributed by atoms with Crippen LogP contribution in [0.3, 0.4) is 0 Å². The van der Waals surface area contributed by atoms with Crippen molar-refractivity contribution in [2.24, 2.45) is 0 Å². The minimum atomic E-state index is -4.74. The molecule has 0 aliphatic carbocycles. The molecule has 0 spiro atoms. The van der Waals surface area contributed by atoms with Crippen LogP contribution in [0.25, 0.3) is 27.7 Å². The number of rotatable bonds is 6. The second-order valence-electron chi connectivity index (χ2n) is 10.0. The van der Waals surface area contributed by atoms with Gasteiger partial charge in [0.15, 0.2) is 0 Å². The number of nitrogens with zero attached hydrogens (tertiary/aromatic N) is 4. The van der Waals surface area contributed by atoms with E-state index >= 15 is 0 Å². The number of likely N-dealkylation sites (N-methyl/N-ethyl adjacent to an activating group) is 1. The average Bonchev–Trinajstić information content (AvgIpc) is 3.35. The first-order chi connectivity index (χ1) is 18.5. The zero-order chi connectivity index (χ0) is 27.9. The van der Waals surface area contributed by atoms with Crippen LogP contribution >= 0.6 is 0 Å². The molecule has 1 aliphatic rings. The first kappa shape index (κ1) is 26.8. The van der Waals surface area contributed by atoms with Crippen molar-refractivity contribution < 1.29 is 22.7 Å². The summed E-state index contributed by atoms with van der Waals surface area (Å²) in [6.45, 7) is 3.70. The number of fused-ring (bicyclic) bond motifs is 1.